The Kier molecular flexibility index (Phi) is 4.74. The van der Waals surface area contributed by atoms with Crippen molar-refractivity contribution in [3.8, 4) is 0 Å². The first-order chi connectivity index (χ1) is 9.79. The average molecular weight is 367 g/mol. The van der Waals surface area contributed by atoms with Crippen LogP contribution < -0.4 is 5.32 Å². The van der Waals surface area contributed by atoms with Crippen molar-refractivity contribution in [2.45, 2.75) is 26.2 Å². The third kappa shape index (κ3) is 3.86. The molecule has 0 heterocycles. The molecule has 0 spiro atoms. The van der Waals surface area contributed by atoms with Crippen LogP contribution in [-0.4, -0.2) is 5.91 Å². The summed E-state index contributed by atoms with van der Waals surface area (Å²) in [6.45, 7) is 6.45. The van der Waals surface area contributed by atoms with Gasteiger partial charge in [-0.2, -0.15) is 0 Å². The van der Waals surface area contributed by atoms with Gasteiger partial charge in [0, 0.05) is 4.47 Å². The molecule has 21 heavy (non-hydrogen) atoms. The molecule has 0 unspecified atom stereocenters. The summed E-state index contributed by atoms with van der Waals surface area (Å²) in [5.41, 5.74) is 2.46. The zero-order valence-electron chi connectivity index (χ0n) is 12.2. The highest BCUT2D eigenvalue weighted by molar-refractivity contribution is 9.10. The number of hydrogen-bond donors (Lipinski definition) is 1. The number of amides is 1. The number of carbonyl (C=O) groups excluding carboxylic acids is 1. The molecule has 110 valence electrons. The van der Waals surface area contributed by atoms with Gasteiger partial charge in [-0.1, -0.05) is 50.6 Å². The van der Waals surface area contributed by atoms with Gasteiger partial charge >= 0.3 is 0 Å². The zero-order valence-corrected chi connectivity index (χ0v) is 14.5. The second-order valence-corrected chi connectivity index (χ2v) is 7.14. The van der Waals surface area contributed by atoms with E-state index in [0.717, 1.165) is 10.2 Å². The maximum atomic E-state index is 12.3. The summed E-state index contributed by atoms with van der Waals surface area (Å²) >= 11 is 9.55. The maximum Gasteiger partial charge on any atom is 0.257 e. The van der Waals surface area contributed by atoms with E-state index in [9.17, 15) is 4.79 Å². The highest BCUT2D eigenvalue weighted by Crippen LogP contribution is 2.30. The predicted molar refractivity (Wildman–Crippen MR) is 92.2 cm³/mol. The van der Waals surface area contributed by atoms with Gasteiger partial charge in [0.25, 0.3) is 5.91 Å². The molecule has 2 aromatic carbocycles. The third-order valence-electron chi connectivity index (χ3n) is 3.20. The van der Waals surface area contributed by atoms with Crippen LogP contribution >= 0.6 is 27.5 Å². The lowest BCUT2D eigenvalue weighted by Gasteiger charge is -2.20. The number of nitrogens with one attached hydrogen (secondary N) is 1. The van der Waals surface area contributed by atoms with Crippen LogP contribution in [0.15, 0.2) is 46.9 Å². The summed E-state index contributed by atoms with van der Waals surface area (Å²) in [6, 6.07) is 12.9. The summed E-state index contributed by atoms with van der Waals surface area (Å²) in [5.74, 6) is -0.218. The van der Waals surface area contributed by atoms with Gasteiger partial charge in [0.15, 0.2) is 0 Å². The Balaban J connectivity index is 2.25. The first kappa shape index (κ1) is 16.1. The zero-order chi connectivity index (χ0) is 15.6. The van der Waals surface area contributed by atoms with E-state index in [4.69, 9.17) is 11.6 Å². The summed E-state index contributed by atoms with van der Waals surface area (Å²) in [6.07, 6.45) is 0. The Bertz CT molecular complexity index is 677. The molecule has 0 fully saturated rings. The molecular formula is C17H17BrClNO. The molecule has 0 saturated carbocycles. The van der Waals surface area contributed by atoms with Gasteiger partial charge in [0.2, 0.25) is 0 Å². The van der Waals surface area contributed by atoms with Gasteiger partial charge in [-0.25, -0.2) is 0 Å². The molecule has 2 nitrogen and oxygen atoms in total. The number of carbonyl (C=O) groups is 1. The molecule has 0 bridgehead atoms. The minimum Gasteiger partial charge on any atom is -0.321 e. The van der Waals surface area contributed by atoms with Gasteiger partial charge < -0.3 is 5.32 Å². The van der Waals surface area contributed by atoms with Gasteiger partial charge in [-0.05, 0) is 51.2 Å². The largest absolute Gasteiger partial charge is 0.321 e. The summed E-state index contributed by atoms with van der Waals surface area (Å²) in [4.78, 5) is 12.3. The van der Waals surface area contributed by atoms with Crippen LogP contribution in [0.2, 0.25) is 5.02 Å². The SMILES string of the molecule is CC(C)(C)c1ccc(NC(=O)c2ccccc2Cl)c(Br)c1. The fourth-order valence-corrected chi connectivity index (χ4v) is 2.62. The van der Waals surface area contributed by atoms with Crippen LogP contribution in [-0.2, 0) is 5.41 Å². The highest BCUT2D eigenvalue weighted by atomic mass is 79.9. The van der Waals surface area contributed by atoms with Crippen molar-refractivity contribution in [3.05, 3.63) is 63.1 Å². The third-order valence-corrected chi connectivity index (χ3v) is 4.19. The molecule has 1 N–H and O–H groups in total. The second kappa shape index (κ2) is 6.20. The lowest BCUT2D eigenvalue weighted by atomic mass is 9.87. The van der Waals surface area contributed by atoms with E-state index < -0.39 is 0 Å². The minimum absolute atomic E-state index is 0.0633. The summed E-state index contributed by atoms with van der Waals surface area (Å²) in [7, 11) is 0. The van der Waals surface area contributed by atoms with Gasteiger partial charge in [-0.15, -0.1) is 0 Å². The lowest BCUT2D eigenvalue weighted by molar-refractivity contribution is 0.102. The van der Waals surface area contributed by atoms with Gasteiger partial charge in [-0.3, -0.25) is 4.79 Å². The first-order valence-corrected chi connectivity index (χ1v) is 7.82. The Labute approximate surface area is 138 Å². The Morgan fingerprint density at radius 3 is 2.38 bits per heavy atom. The smallest absolute Gasteiger partial charge is 0.257 e. The van der Waals surface area contributed by atoms with Gasteiger partial charge in [0.05, 0.1) is 16.3 Å². The molecule has 2 aromatic rings. The van der Waals surface area contributed by atoms with Crippen LogP contribution in [0.1, 0.15) is 36.7 Å². The lowest BCUT2D eigenvalue weighted by Crippen LogP contribution is -2.14. The monoisotopic (exact) mass is 365 g/mol. The fraction of sp³-hybridized carbons (Fsp3) is 0.235. The molecule has 4 heteroatoms. The van der Waals surface area contributed by atoms with Crippen molar-refractivity contribution in [2.75, 3.05) is 5.32 Å². The van der Waals surface area contributed by atoms with Crippen LogP contribution in [0.25, 0.3) is 0 Å². The standard InChI is InChI=1S/C17H17BrClNO/c1-17(2,3)11-8-9-15(13(18)10-11)20-16(21)12-6-4-5-7-14(12)19/h4-10H,1-3H3,(H,20,21). The fourth-order valence-electron chi connectivity index (χ4n) is 1.92. The first-order valence-electron chi connectivity index (χ1n) is 6.65. The molecule has 1 amide bonds. The quantitative estimate of drug-likeness (QED) is 0.731. The number of halogens is 2. The van der Waals surface area contributed by atoms with Crippen LogP contribution in [0.4, 0.5) is 5.69 Å². The summed E-state index contributed by atoms with van der Waals surface area (Å²) < 4.78 is 0.857. The Morgan fingerprint density at radius 2 is 1.81 bits per heavy atom. The maximum absolute atomic E-state index is 12.3. The van der Waals surface area contributed by atoms with E-state index >= 15 is 0 Å². The normalized spacial score (nSPS) is 11.3. The number of hydrogen-bond acceptors (Lipinski definition) is 1. The van der Waals surface area contributed by atoms with Crippen molar-refractivity contribution in [1.29, 1.82) is 0 Å². The molecule has 0 atom stereocenters. The Hall–Kier alpha value is -1.32. The molecular weight excluding hydrogens is 350 g/mol. The number of rotatable bonds is 2. The molecule has 0 radical (unpaired) electrons. The highest BCUT2D eigenvalue weighted by Gasteiger charge is 2.16. The number of benzene rings is 2. The predicted octanol–water partition coefficient (Wildman–Crippen LogP) is 5.65. The van der Waals surface area contributed by atoms with E-state index in [-0.39, 0.29) is 11.3 Å². The minimum atomic E-state index is -0.218. The van der Waals surface area contributed by atoms with Crippen molar-refractivity contribution in [1.82, 2.24) is 0 Å². The average Bonchev–Trinajstić information content (AvgIpc) is 2.40. The number of anilines is 1. The van der Waals surface area contributed by atoms with E-state index in [1.54, 1.807) is 24.3 Å². The van der Waals surface area contributed by atoms with Gasteiger partial charge in [0.1, 0.15) is 0 Å². The molecule has 0 aliphatic rings. The Morgan fingerprint density at radius 1 is 1.14 bits per heavy atom. The topological polar surface area (TPSA) is 29.1 Å². The molecule has 2 rings (SSSR count). The molecule has 0 aliphatic heterocycles. The summed E-state index contributed by atoms with van der Waals surface area (Å²) in [5, 5.41) is 3.32. The molecule has 0 aromatic heterocycles. The second-order valence-electron chi connectivity index (χ2n) is 5.88. The van der Waals surface area contributed by atoms with Crippen molar-refractivity contribution in [2.24, 2.45) is 0 Å². The van der Waals surface area contributed by atoms with Crippen LogP contribution in [0, 0.1) is 0 Å². The van der Waals surface area contributed by atoms with Crippen molar-refractivity contribution >= 4 is 39.1 Å². The van der Waals surface area contributed by atoms with Crippen LogP contribution in [0.3, 0.4) is 0 Å². The van der Waals surface area contributed by atoms with E-state index in [1.807, 2.05) is 18.2 Å². The van der Waals surface area contributed by atoms with Crippen molar-refractivity contribution < 1.29 is 4.79 Å². The van der Waals surface area contributed by atoms with E-state index in [2.05, 4.69) is 42.0 Å². The van der Waals surface area contributed by atoms with Crippen LogP contribution in [0.5, 0.6) is 0 Å². The molecule has 0 saturated heterocycles. The molecule has 0 aliphatic carbocycles. The van der Waals surface area contributed by atoms with E-state index in [1.165, 1.54) is 5.56 Å². The van der Waals surface area contributed by atoms with Crippen molar-refractivity contribution in [3.63, 3.8) is 0 Å². The van der Waals surface area contributed by atoms with E-state index in [0.29, 0.717) is 10.6 Å².